The lowest BCUT2D eigenvalue weighted by Gasteiger charge is -2.13. The van der Waals surface area contributed by atoms with Gasteiger partial charge in [0, 0.05) is 29.0 Å². The SMILES string of the molecule is COc1ccc(OC)c(Nc2c(-c3ccc(Cl)cc3)nc3cnccn23)c1. The third-order valence-electron chi connectivity index (χ3n) is 4.21. The minimum atomic E-state index is 0.674. The minimum Gasteiger partial charge on any atom is -0.497 e. The van der Waals surface area contributed by atoms with Gasteiger partial charge in [-0.3, -0.25) is 9.38 Å². The summed E-state index contributed by atoms with van der Waals surface area (Å²) in [5.41, 5.74) is 3.22. The molecule has 0 saturated carbocycles. The Morgan fingerprint density at radius 1 is 1.04 bits per heavy atom. The maximum absolute atomic E-state index is 6.04. The van der Waals surface area contributed by atoms with E-state index in [1.54, 1.807) is 26.6 Å². The number of ether oxygens (including phenoxy) is 2. The van der Waals surface area contributed by atoms with Crippen LogP contribution in [0.4, 0.5) is 11.5 Å². The van der Waals surface area contributed by atoms with Crippen LogP contribution in [-0.4, -0.2) is 28.6 Å². The van der Waals surface area contributed by atoms with Crippen LogP contribution in [0.3, 0.4) is 0 Å². The largest absolute Gasteiger partial charge is 0.497 e. The lowest BCUT2D eigenvalue weighted by atomic mass is 10.1. The number of hydrogen-bond donors (Lipinski definition) is 1. The summed E-state index contributed by atoms with van der Waals surface area (Å²) in [5, 5.41) is 4.11. The molecule has 6 nitrogen and oxygen atoms in total. The van der Waals surface area contributed by atoms with Gasteiger partial charge in [0.15, 0.2) is 5.65 Å². The number of anilines is 2. The quantitative estimate of drug-likeness (QED) is 0.538. The molecule has 0 aliphatic heterocycles. The number of imidazole rings is 1. The first-order valence-corrected chi connectivity index (χ1v) is 8.64. The second-order valence-electron chi connectivity index (χ2n) is 5.81. The van der Waals surface area contributed by atoms with Crippen molar-refractivity contribution >= 4 is 28.8 Å². The van der Waals surface area contributed by atoms with Crippen LogP contribution in [0.1, 0.15) is 0 Å². The van der Waals surface area contributed by atoms with Crippen LogP contribution in [0, 0.1) is 0 Å². The van der Waals surface area contributed by atoms with Gasteiger partial charge >= 0.3 is 0 Å². The highest BCUT2D eigenvalue weighted by Crippen LogP contribution is 2.36. The van der Waals surface area contributed by atoms with Crippen LogP contribution in [0.25, 0.3) is 16.9 Å². The molecule has 27 heavy (non-hydrogen) atoms. The van der Waals surface area contributed by atoms with Crippen LogP contribution >= 0.6 is 11.6 Å². The van der Waals surface area contributed by atoms with Gasteiger partial charge in [0.2, 0.25) is 0 Å². The van der Waals surface area contributed by atoms with Crippen molar-refractivity contribution in [2.45, 2.75) is 0 Å². The van der Waals surface area contributed by atoms with Crippen LogP contribution in [0.5, 0.6) is 11.5 Å². The van der Waals surface area contributed by atoms with E-state index < -0.39 is 0 Å². The van der Waals surface area contributed by atoms with Gasteiger partial charge in [-0.1, -0.05) is 23.7 Å². The third kappa shape index (κ3) is 3.27. The number of rotatable bonds is 5. The maximum Gasteiger partial charge on any atom is 0.157 e. The Labute approximate surface area is 161 Å². The van der Waals surface area contributed by atoms with Crippen LogP contribution in [-0.2, 0) is 0 Å². The van der Waals surface area contributed by atoms with Gasteiger partial charge in [-0.25, -0.2) is 4.98 Å². The smallest absolute Gasteiger partial charge is 0.157 e. The first-order chi connectivity index (χ1) is 13.2. The summed E-state index contributed by atoms with van der Waals surface area (Å²) in [6.07, 6.45) is 5.29. The highest BCUT2D eigenvalue weighted by Gasteiger charge is 2.16. The molecule has 0 aliphatic rings. The number of aromatic nitrogens is 3. The van der Waals surface area contributed by atoms with Crippen LogP contribution in [0.15, 0.2) is 61.1 Å². The molecule has 0 aliphatic carbocycles. The van der Waals surface area contributed by atoms with Crippen molar-refractivity contribution in [2.75, 3.05) is 19.5 Å². The summed E-state index contributed by atoms with van der Waals surface area (Å²) in [5.74, 6) is 2.21. The minimum absolute atomic E-state index is 0.674. The van der Waals surface area contributed by atoms with Gasteiger partial charge in [0.05, 0.1) is 26.1 Å². The summed E-state index contributed by atoms with van der Waals surface area (Å²) in [6.45, 7) is 0. The summed E-state index contributed by atoms with van der Waals surface area (Å²) in [4.78, 5) is 8.90. The molecule has 1 N–H and O–H groups in total. The maximum atomic E-state index is 6.04. The first-order valence-electron chi connectivity index (χ1n) is 8.26. The fourth-order valence-corrected chi connectivity index (χ4v) is 3.00. The Hall–Kier alpha value is -3.25. The third-order valence-corrected chi connectivity index (χ3v) is 4.46. The highest BCUT2D eigenvalue weighted by molar-refractivity contribution is 6.30. The molecule has 7 heteroatoms. The van der Waals surface area contributed by atoms with Gasteiger partial charge in [-0.15, -0.1) is 0 Å². The summed E-state index contributed by atoms with van der Waals surface area (Å²) in [6, 6.07) is 13.1. The number of nitrogens with zero attached hydrogens (tertiary/aromatic N) is 3. The van der Waals surface area contributed by atoms with Crippen molar-refractivity contribution < 1.29 is 9.47 Å². The number of fused-ring (bicyclic) bond motifs is 1. The molecule has 0 fully saturated rings. The second kappa shape index (κ2) is 7.17. The number of hydrogen-bond acceptors (Lipinski definition) is 5. The Morgan fingerprint density at radius 3 is 2.59 bits per heavy atom. The second-order valence-corrected chi connectivity index (χ2v) is 6.25. The summed E-state index contributed by atoms with van der Waals surface area (Å²) in [7, 11) is 3.26. The van der Waals surface area contributed by atoms with Gasteiger partial charge < -0.3 is 14.8 Å². The Morgan fingerprint density at radius 2 is 1.85 bits per heavy atom. The molecule has 0 radical (unpaired) electrons. The molecule has 0 unspecified atom stereocenters. The molecule has 0 amide bonds. The highest BCUT2D eigenvalue weighted by atomic mass is 35.5. The van der Waals surface area contributed by atoms with Crippen molar-refractivity contribution in [1.29, 1.82) is 0 Å². The molecule has 0 atom stereocenters. The van der Waals surface area contributed by atoms with Gasteiger partial charge in [-0.2, -0.15) is 0 Å². The molecule has 0 spiro atoms. The Kier molecular flexibility index (Phi) is 4.56. The normalized spacial score (nSPS) is 10.8. The molecular weight excluding hydrogens is 364 g/mol. The Balaban J connectivity index is 1.88. The van der Waals surface area contributed by atoms with Gasteiger partial charge in [0.1, 0.15) is 23.0 Å². The predicted octanol–water partition coefficient (Wildman–Crippen LogP) is 4.81. The van der Waals surface area contributed by atoms with Crippen molar-refractivity contribution in [1.82, 2.24) is 14.4 Å². The molecule has 4 rings (SSSR count). The molecule has 2 aromatic carbocycles. The molecule has 0 saturated heterocycles. The van der Waals surface area contributed by atoms with E-state index in [9.17, 15) is 0 Å². The molecule has 2 aromatic heterocycles. The van der Waals surface area contributed by atoms with E-state index in [0.29, 0.717) is 10.8 Å². The predicted molar refractivity (Wildman–Crippen MR) is 106 cm³/mol. The first kappa shape index (κ1) is 17.2. The van der Waals surface area contributed by atoms with Gasteiger partial charge in [-0.05, 0) is 24.3 Å². The zero-order chi connectivity index (χ0) is 18.8. The van der Waals surface area contributed by atoms with E-state index in [4.69, 9.17) is 26.1 Å². The number of nitrogens with one attached hydrogen (secondary N) is 1. The topological polar surface area (TPSA) is 60.7 Å². The lowest BCUT2D eigenvalue weighted by molar-refractivity contribution is 0.405. The molecular formula is C20H17ClN4O2. The zero-order valence-electron chi connectivity index (χ0n) is 14.8. The number of methoxy groups -OCH3 is 2. The fraction of sp³-hybridized carbons (Fsp3) is 0.100. The molecule has 136 valence electrons. The molecule has 4 aromatic rings. The summed E-state index contributed by atoms with van der Waals surface area (Å²) >= 11 is 6.04. The summed E-state index contributed by atoms with van der Waals surface area (Å²) < 4.78 is 12.8. The number of benzene rings is 2. The average molecular weight is 381 g/mol. The Bertz CT molecular complexity index is 1090. The van der Waals surface area contributed by atoms with E-state index in [-0.39, 0.29) is 0 Å². The van der Waals surface area contributed by atoms with Crippen molar-refractivity contribution in [3.63, 3.8) is 0 Å². The van der Waals surface area contributed by atoms with Crippen molar-refractivity contribution in [3.05, 3.63) is 66.1 Å². The van der Waals surface area contributed by atoms with E-state index in [1.165, 1.54) is 0 Å². The van der Waals surface area contributed by atoms with E-state index in [0.717, 1.165) is 34.2 Å². The zero-order valence-corrected chi connectivity index (χ0v) is 15.6. The lowest BCUT2D eigenvalue weighted by Crippen LogP contribution is -2.00. The van der Waals surface area contributed by atoms with E-state index in [1.807, 2.05) is 53.1 Å². The van der Waals surface area contributed by atoms with Crippen molar-refractivity contribution in [2.24, 2.45) is 0 Å². The average Bonchev–Trinajstić information content (AvgIpc) is 3.07. The van der Waals surface area contributed by atoms with Gasteiger partial charge in [0.25, 0.3) is 0 Å². The number of halogens is 1. The fourth-order valence-electron chi connectivity index (χ4n) is 2.87. The standard InChI is InChI=1S/C20H17ClN4O2/c1-26-15-7-8-17(27-2)16(11-15)23-20-19(13-3-5-14(21)6-4-13)24-18-12-22-9-10-25(18)20/h3-12,23H,1-2H3. The van der Waals surface area contributed by atoms with Crippen LogP contribution < -0.4 is 14.8 Å². The van der Waals surface area contributed by atoms with E-state index >= 15 is 0 Å². The van der Waals surface area contributed by atoms with Crippen LogP contribution in [0.2, 0.25) is 5.02 Å². The van der Waals surface area contributed by atoms with Crippen molar-refractivity contribution in [3.8, 4) is 22.8 Å². The monoisotopic (exact) mass is 380 g/mol. The van der Waals surface area contributed by atoms with E-state index in [2.05, 4.69) is 10.3 Å². The molecule has 0 bridgehead atoms. The molecule has 2 heterocycles.